The second-order valence-electron chi connectivity index (χ2n) is 3.66. The third-order valence-corrected chi connectivity index (χ3v) is 2.64. The first kappa shape index (κ1) is 10.4. The summed E-state index contributed by atoms with van der Waals surface area (Å²) in [7, 11) is 0. The first-order valence-corrected chi connectivity index (χ1v) is 5.52. The van der Waals surface area contributed by atoms with Crippen molar-refractivity contribution >= 4 is 22.5 Å². The fraction of sp³-hybridized carbons (Fsp3) is 0.333. The van der Waals surface area contributed by atoms with Gasteiger partial charge in [0, 0.05) is 5.39 Å². The zero-order chi connectivity index (χ0) is 10.8. The minimum Gasteiger partial charge on any atom is -0.222 e. The van der Waals surface area contributed by atoms with E-state index in [-0.39, 0.29) is 0 Å². The lowest BCUT2D eigenvalue weighted by Crippen LogP contribution is -1.96. The van der Waals surface area contributed by atoms with Crippen LogP contribution in [0.5, 0.6) is 0 Å². The number of fused-ring (bicyclic) bond motifs is 1. The monoisotopic (exact) mass is 220 g/mol. The number of halogens is 1. The van der Waals surface area contributed by atoms with Gasteiger partial charge in [0.25, 0.3) is 0 Å². The molecule has 0 radical (unpaired) electrons. The van der Waals surface area contributed by atoms with Crippen molar-refractivity contribution in [2.45, 2.75) is 26.7 Å². The summed E-state index contributed by atoms with van der Waals surface area (Å²) in [6, 6.07) is 6.14. The molecule has 0 bridgehead atoms. The molecule has 0 aliphatic heterocycles. The maximum Gasteiger partial charge on any atom is 0.223 e. The Hall–Kier alpha value is -1.15. The van der Waals surface area contributed by atoms with Gasteiger partial charge in [-0.2, -0.15) is 0 Å². The van der Waals surface area contributed by atoms with E-state index in [1.165, 1.54) is 0 Å². The summed E-state index contributed by atoms with van der Waals surface area (Å²) in [5, 5.41) is 1.47. The SMILES string of the molecule is CCCc1nc(Cl)nc2c(C)cccc12. The highest BCUT2D eigenvalue weighted by atomic mass is 35.5. The summed E-state index contributed by atoms with van der Waals surface area (Å²) in [4.78, 5) is 8.56. The van der Waals surface area contributed by atoms with Gasteiger partial charge in [0.1, 0.15) is 0 Å². The van der Waals surface area contributed by atoms with E-state index in [9.17, 15) is 0 Å². The van der Waals surface area contributed by atoms with Crippen molar-refractivity contribution in [3.05, 3.63) is 34.7 Å². The largest absolute Gasteiger partial charge is 0.223 e. The molecule has 0 N–H and O–H groups in total. The lowest BCUT2D eigenvalue weighted by atomic mass is 10.1. The molecule has 0 saturated carbocycles. The summed E-state index contributed by atoms with van der Waals surface area (Å²) in [6.45, 7) is 4.18. The summed E-state index contributed by atoms with van der Waals surface area (Å²) in [5.41, 5.74) is 3.17. The topological polar surface area (TPSA) is 25.8 Å². The number of aryl methyl sites for hydroxylation is 2. The smallest absolute Gasteiger partial charge is 0.222 e. The normalized spacial score (nSPS) is 10.9. The molecule has 78 valence electrons. The van der Waals surface area contributed by atoms with E-state index in [2.05, 4.69) is 23.0 Å². The average Bonchev–Trinajstić information content (AvgIpc) is 2.20. The van der Waals surface area contributed by atoms with Gasteiger partial charge in [-0.25, -0.2) is 9.97 Å². The first-order valence-electron chi connectivity index (χ1n) is 5.14. The summed E-state index contributed by atoms with van der Waals surface area (Å²) in [5.74, 6) is 0. The Labute approximate surface area is 94.3 Å². The van der Waals surface area contributed by atoms with Crippen molar-refractivity contribution in [1.29, 1.82) is 0 Å². The highest BCUT2D eigenvalue weighted by molar-refractivity contribution is 6.28. The van der Waals surface area contributed by atoms with Crippen molar-refractivity contribution in [1.82, 2.24) is 9.97 Å². The fourth-order valence-electron chi connectivity index (χ4n) is 1.76. The third-order valence-electron chi connectivity index (χ3n) is 2.47. The lowest BCUT2D eigenvalue weighted by Gasteiger charge is -2.06. The molecular formula is C12H13ClN2. The van der Waals surface area contributed by atoms with Crippen LogP contribution in [0.25, 0.3) is 10.9 Å². The van der Waals surface area contributed by atoms with Crippen molar-refractivity contribution < 1.29 is 0 Å². The predicted molar refractivity (Wildman–Crippen MR) is 63.3 cm³/mol. The Kier molecular flexibility index (Phi) is 2.87. The summed E-state index contributed by atoms with van der Waals surface area (Å²) >= 11 is 5.91. The molecule has 1 aromatic heterocycles. The first-order chi connectivity index (χ1) is 7.22. The number of rotatable bonds is 2. The van der Waals surface area contributed by atoms with Crippen LogP contribution in [0.1, 0.15) is 24.6 Å². The number of para-hydroxylation sites is 1. The fourth-order valence-corrected chi connectivity index (χ4v) is 1.94. The van der Waals surface area contributed by atoms with Gasteiger partial charge >= 0.3 is 0 Å². The van der Waals surface area contributed by atoms with Crippen LogP contribution in [0, 0.1) is 6.92 Å². The molecule has 2 aromatic rings. The van der Waals surface area contributed by atoms with E-state index in [0.717, 1.165) is 35.0 Å². The van der Waals surface area contributed by atoms with E-state index < -0.39 is 0 Å². The molecule has 2 nitrogen and oxygen atoms in total. The van der Waals surface area contributed by atoms with Gasteiger partial charge in [0.15, 0.2) is 0 Å². The predicted octanol–water partition coefficient (Wildman–Crippen LogP) is 3.54. The molecule has 0 amide bonds. The van der Waals surface area contributed by atoms with E-state index in [4.69, 9.17) is 11.6 Å². The third kappa shape index (κ3) is 1.95. The van der Waals surface area contributed by atoms with Gasteiger partial charge in [-0.3, -0.25) is 0 Å². The van der Waals surface area contributed by atoms with Gasteiger partial charge in [0.05, 0.1) is 11.2 Å². The van der Waals surface area contributed by atoms with Crippen LogP contribution in [0.4, 0.5) is 0 Å². The van der Waals surface area contributed by atoms with Crippen LogP contribution < -0.4 is 0 Å². The number of benzene rings is 1. The average molecular weight is 221 g/mol. The van der Waals surface area contributed by atoms with Crippen LogP contribution in [-0.2, 0) is 6.42 Å². The Morgan fingerprint density at radius 1 is 1.27 bits per heavy atom. The highest BCUT2D eigenvalue weighted by Gasteiger charge is 2.06. The number of hydrogen-bond acceptors (Lipinski definition) is 2. The Balaban J connectivity index is 2.74. The van der Waals surface area contributed by atoms with Crippen molar-refractivity contribution in [2.24, 2.45) is 0 Å². The van der Waals surface area contributed by atoms with Crippen LogP contribution >= 0.6 is 11.6 Å². The molecule has 0 saturated heterocycles. The quantitative estimate of drug-likeness (QED) is 0.724. The molecule has 0 aliphatic rings. The van der Waals surface area contributed by atoms with Crippen LogP contribution in [0.3, 0.4) is 0 Å². The zero-order valence-corrected chi connectivity index (χ0v) is 9.67. The summed E-state index contributed by atoms with van der Waals surface area (Å²) < 4.78 is 0. The van der Waals surface area contributed by atoms with Gasteiger partial charge < -0.3 is 0 Å². The van der Waals surface area contributed by atoms with E-state index in [0.29, 0.717) is 5.28 Å². The zero-order valence-electron chi connectivity index (χ0n) is 8.92. The van der Waals surface area contributed by atoms with E-state index in [1.54, 1.807) is 0 Å². The molecule has 2 rings (SSSR count). The van der Waals surface area contributed by atoms with Gasteiger partial charge in [-0.15, -0.1) is 0 Å². The minimum atomic E-state index is 0.347. The Morgan fingerprint density at radius 2 is 2.07 bits per heavy atom. The van der Waals surface area contributed by atoms with Crippen molar-refractivity contribution in [3.63, 3.8) is 0 Å². The second kappa shape index (κ2) is 4.15. The van der Waals surface area contributed by atoms with Gasteiger partial charge in [-0.05, 0) is 30.5 Å². The van der Waals surface area contributed by atoms with Crippen LogP contribution in [0.2, 0.25) is 5.28 Å². The van der Waals surface area contributed by atoms with Crippen LogP contribution in [0.15, 0.2) is 18.2 Å². The molecule has 0 unspecified atom stereocenters. The molecule has 1 heterocycles. The number of hydrogen-bond donors (Lipinski definition) is 0. The van der Waals surface area contributed by atoms with Gasteiger partial charge in [0.2, 0.25) is 5.28 Å². The summed E-state index contributed by atoms with van der Waals surface area (Å²) in [6.07, 6.45) is 2.01. The standard InChI is InChI=1S/C12H13ClN2/c1-3-5-10-9-7-4-6-8(2)11(9)15-12(13)14-10/h4,6-7H,3,5H2,1-2H3. The molecule has 1 aromatic carbocycles. The van der Waals surface area contributed by atoms with Crippen molar-refractivity contribution in [3.8, 4) is 0 Å². The molecule has 0 fully saturated rings. The minimum absolute atomic E-state index is 0.347. The highest BCUT2D eigenvalue weighted by Crippen LogP contribution is 2.21. The molecule has 15 heavy (non-hydrogen) atoms. The molecule has 3 heteroatoms. The molecule has 0 atom stereocenters. The molecule has 0 aliphatic carbocycles. The van der Waals surface area contributed by atoms with Crippen molar-refractivity contribution in [2.75, 3.05) is 0 Å². The Morgan fingerprint density at radius 3 is 2.80 bits per heavy atom. The van der Waals surface area contributed by atoms with E-state index >= 15 is 0 Å². The number of aromatic nitrogens is 2. The maximum atomic E-state index is 5.91. The lowest BCUT2D eigenvalue weighted by molar-refractivity contribution is 0.886. The molecular weight excluding hydrogens is 208 g/mol. The van der Waals surface area contributed by atoms with Gasteiger partial charge in [-0.1, -0.05) is 31.5 Å². The Bertz CT molecular complexity index is 494. The second-order valence-corrected chi connectivity index (χ2v) is 4.00. The number of nitrogens with zero attached hydrogens (tertiary/aromatic N) is 2. The maximum absolute atomic E-state index is 5.91. The van der Waals surface area contributed by atoms with E-state index in [1.807, 2.05) is 19.1 Å². The molecule has 0 spiro atoms. The van der Waals surface area contributed by atoms with Crippen LogP contribution in [-0.4, -0.2) is 9.97 Å².